The van der Waals surface area contributed by atoms with Crippen molar-refractivity contribution in [3.05, 3.63) is 0 Å². The van der Waals surface area contributed by atoms with E-state index in [0.717, 1.165) is 0 Å². The number of carbonyl (C=O) groups excluding carboxylic acids is 1. The molecule has 0 rings (SSSR count). The third kappa shape index (κ3) is 6.05. The van der Waals surface area contributed by atoms with Crippen LogP contribution in [0.2, 0.25) is 0 Å². The summed E-state index contributed by atoms with van der Waals surface area (Å²) < 4.78 is 4.40. The molecule has 0 aromatic carbocycles. The molecule has 4 heteroatoms. The molecule has 0 radical (unpaired) electrons. The Bertz CT molecular complexity index is 82.1. The molecule has 0 saturated heterocycles. The molecule has 0 atom stereocenters. The summed E-state index contributed by atoms with van der Waals surface area (Å²) in [5, 5.41) is 0. The topological polar surface area (TPSA) is 26.3 Å². The van der Waals surface area contributed by atoms with E-state index in [-0.39, 0.29) is 12.6 Å². The number of rotatable bonds is 2. The van der Waals surface area contributed by atoms with Crippen LogP contribution >= 0.6 is 23.2 Å². The van der Waals surface area contributed by atoms with Gasteiger partial charge < -0.3 is 4.74 Å². The lowest BCUT2D eigenvalue weighted by Gasteiger charge is -1.98. The third-order valence-corrected chi connectivity index (χ3v) is 0.665. The SMILES string of the molecule is CC(=O)OCC(Cl)Cl. The number of alkyl halides is 2. The quantitative estimate of drug-likeness (QED) is 0.446. The first-order valence-corrected chi connectivity index (χ1v) is 2.91. The van der Waals surface area contributed by atoms with Crippen molar-refractivity contribution in [1.29, 1.82) is 0 Å². The summed E-state index contributed by atoms with van der Waals surface area (Å²) in [6, 6.07) is 0. The summed E-state index contributed by atoms with van der Waals surface area (Å²) in [6.45, 7) is 1.37. The maximum atomic E-state index is 10.0. The smallest absolute Gasteiger partial charge is 0.302 e. The van der Waals surface area contributed by atoms with Gasteiger partial charge >= 0.3 is 5.97 Å². The Balaban J connectivity index is 3.05. The van der Waals surface area contributed by atoms with Gasteiger partial charge in [0.25, 0.3) is 0 Å². The van der Waals surface area contributed by atoms with Gasteiger partial charge in [0.05, 0.1) is 0 Å². The van der Waals surface area contributed by atoms with Crippen LogP contribution in [0.3, 0.4) is 0 Å². The lowest BCUT2D eigenvalue weighted by Crippen LogP contribution is -2.05. The van der Waals surface area contributed by atoms with E-state index >= 15 is 0 Å². The van der Waals surface area contributed by atoms with Crippen LogP contribution in [0.25, 0.3) is 0 Å². The highest BCUT2D eigenvalue weighted by Crippen LogP contribution is 2.00. The molecular formula is C4H6Cl2O2. The fourth-order valence-electron chi connectivity index (χ4n) is 0.180. The van der Waals surface area contributed by atoms with Gasteiger partial charge in [-0.15, -0.1) is 23.2 Å². The van der Waals surface area contributed by atoms with Crippen molar-refractivity contribution in [2.24, 2.45) is 0 Å². The summed E-state index contributed by atoms with van der Waals surface area (Å²) >= 11 is 10.4. The third-order valence-electron chi connectivity index (χ3n) is 0.413. The maximum Gasteiger partial charge on any atom is 0.302 e. The Hall–Kier alpha value is 0.0500. The van der Waals surface area contributed by atoms with Crippen molar-refractivity contribution in [2.75, 3.05) is 6.61 Å². The summed E-state index contributed by atoms with van der Waals surface area (Å²) in [6.07, 6.45) is 0. The Morgan fingerprint density at radius 1 is 1.75 bits per heavy atom. The van der Waals surface area contributed by atoms with Gasteiger partial charge in [-0.2, -0.15) is 0 Å². The lowest BCUT2D eigenvalue weighted by molar-refractivity contribution is -0.140. The van der Waals surface area contributed by atoms with Crippen LogP contribution in [-0.4, -0.2) is 17.4 Å². The first-order valence-electron chi connectivity index (χ1n) is 2.04. The van der Waals surface area contributed by atoms with Crippen molar-refractivity contribution in [1.82, 2.24) is 0 Å². The average Bonchev–Trinajstić information content (AvgIpc) is 1.61. The number of hydrogen-bond acceptors (Lipinski definition) is 2. The molecule has 8 heavy (non-hydrogen) atoms. The molecule has 2 nitrogen and oxygen atoms in total. The molecule has 0 amide bonds. The highest BCUT2D eigenvalue weighted by molar-refractivity contribution is 6.44. The van der Waals surface area contributed by atoms with Gasteiger partial charge in [-0.05, 0) is 0 Å². The van der Waals surface area contributed by atoms with Gasteiger partial charge in [-0.25, -0.2) is 0 Å². The minimum Gasteiger partial charge on any atom is -0.463 e. The number of esters is 1. The standard InChI is InChI=1S/C4H6Cl2O2/c1-3(7)8-2-4(5)6/h4H,2H2,1H3. The van der Waals surface area contributed by atoms with Crippen LogP contribution in [0.1, 0.15) is 6.92 Å². The number of carbonyl (C=O) groups is 1. The molecule has 0 aliphatic rings. The van der Waals surface area contributed by atoms with Gasteiger partial charge in [0.15, 0.2) is 0 Å². The van der Waals surface area contributed by atoms with E-state index in [4.69, 9.17) is 23.2 Å². The zero-order valence-corrected chi connectivity index (χ0v) is 5.87. The highest BCUT2D eigenvalue weighted by atomic mass is 35.5. The van der Waals surface area contributed by atoms with E-state index in [9.17, 15) is 4.79 Å². The second-order valence-corrected chi connectivity index (χ2v) is 2.47. The van der Waals surface area contributed by atoms with Crippen LogP contribution in [0.15, 0.2) is 0 Å². The van der Waals surface area contributed by atoms with E-state index in [2.05, 4.69) is 4.74 Å². The zero-order valence-electron chi connectivity index (χ0n) is 4.36. The summed E-state index contributed by atoms with van der Waals surface area (Å²) in [5.74, 6) is -0.365. The van der Waals surface area contributed by atoms with Crippen molar-refractivity contribution in [3.63, 3.8) is 0 Å². The minimum absolute atomic E-state index is 0.0679. The van der Waals surface area contributed by atoms with Crippen LogP contribution < -0.4 is 0 Å². The lowest BCUT2D eigenvalue weighted by atomic mass is 10.8. The predicted octanol–water partition coefficient (Wildman–Crippen LogP) is 1.35. The monoisotopic (exact) mass is 156 g/mol. The number of ether oxygens (including phenoxy) is 1. The van der Waals surface area contributed by atoms with Crippen LogP contribution in [-0.2, 0) is 9.53 Å². The second-order valence-electron chi connectivity index (χ2n) is 1.19. The van der Waals surface area contributed by atoms with Gasteiger partial charge in [-0.1, -0.05) is 0 Å². The molecule has 0 unspecified atom stereocenters. The van der Waals surface area contributed by atoms with Crippen molar-refractivity contribution in [2.45, 2.75) is 11.8 Å². The Kier molecular flexibility index (Phi) is 4.01. The predicted molar refractivity (Wildman–Crippen MR) is 32.1 cm³/mol. The highest BCUT2D eigenvalue weighted by Gasteiger charge is 1.99. The number of halogens is 2. The first kappa shape index (κ1) is 8.05. The summed E-state index contributed by atoms with van der Waals surface area (Å²) in [5.41, 5.74) is 0. The molecule has 0 bridgehead atoms. The van der Waals surface area contributed by atoms with E-state index < -0.39 is 4.84 Å². The fourth-order valence-corrected chi connectivity index (χ4v) is 0.306. The largest absolute Gasteiger partial charge is 0.463 e. The minimum atomic E-state index is -0.612. The Labute approximate surface area is 57.7 Å². The first-order chi connectivity index (χ1) is 3.63. The molecular weight excluding hydrogens is 151 g/mol. The zero-order chi connectivity index (χ0) is 6.57. The molecule has 0 spiro atoms. The van der Waals surface area contributed by atoms with Gasteiger partial charge in [0, 0.05) is 6.92 Å². The van der Waals surface area contributed by atoms with Crippen LogP contribution in [0.5, 0.6) is 0 Å². The molecule has 0 N–H and O–H groups in total. The molecule has 0 heterocycles. The summed E-state index contributed by atoms with van der Waals surface area (Å²) in [4.78, 5) is 9.40. The molecule has 0 aliphatic carbocycles. The normalized spacial score (nSPS) is 9.50. The molecule has 0 fully saturated rings. The summed E-state index contributed by atoms with van der Waals surface area (Å²) in [7, 11) is 0. The number of hydrogen-bond donors (Lipinski definition) is 0. The van der Waals surface area contributed by atoms with Crippen molar-refractivity contribution < 1.29 is 9.53 Å². The van der Waals surface area contributed by atoms with Crippen molar-refractivity contribution >= 4 is 29.2 Å². The second kappa shape index (κ2) is 3.98. The molecule has 0 aliphatic heterocycles. The molecule has 0 saturated carbocycles. The Morgan fingerprint density at radius 2 is 2.25 bits per heavy atom. The average molecular weight is 157 g/mol. The van der Waals surface area contributed by atoms with E-state index in [1.165, 1.54) is 6.92 Å². The van der Waals surface area contributed by atoms with Crippen LogP contribution in [0, 0.1) is 0 Å². The van der Waals surface area contributed by atoms with Gasteiger partial charge in [0.1, 0.15) is 11.4 Å². The van der Waals surface area contributed by atoms with Gasteiger partial charge in [-0.3, -0.25) is 4.79 Å². The Morgan fingerprint density at radius 3 is 2.38 bits per heavy atom. The molecule has 48 valence electrons. The van der Waals surface area contributed by atoms with E-state index in [1.807, 2.05) is 0 Å². The van der Waals surface area contributed by atoms with Crippen LogP contribution in [0.4, 0.5) is 0 Å². The van der Waals surface area contributed by atoms with Gasteiger partial charge in [0.2, 0.25) is 0 Å². The van der Waals surface area contributed by atoms with Crippen molar-refractivity contribution in [3.8, 4) is 0 Å². The van der Waals surface area contributed by atoms with E-state index in [0.29, 0.717) is 0 Å². The van der Waals surface area contributed by atoms with E-state index in [1.54, 1.807) is 0 Å². The molecule has 0 aromatic heterocycles. The molecule has 0 aromatic rings. The maximum absolute atomic E-state index is 10.0. The fraction of sp³-hybridized carbons (Fsp3) is 0.750.